The summed E-state index contributed by atoms with van der Waals surface area (Å²) in [4.78, 5) is 26.2. The number of hydrogen-bond donors (Lipinski definition) is 4. The van der Waals surface area contributed by atoms with Gasteiger partial charge in [-0.3, -0.25) is 10.9 Å². The van der Waals surface area contributed by atoms with Gasteiger partial charge in [-0.2, -0.15) is 5.26 Å². The summed E-state index contributed by atoms with van der Waals surface area (Å²) in [5.41, 5.74) is 11.0. The number of thiophene rings is 1. The summed E-state index contributed by atoms with van der Waals surface area (Å²) < 4.78 is 0. The Morgan fingerprint density at radius 2 is 1.71 bits per heavy atom. The molecule has 2 amide bonds. The highest BCUT2D eigenvalue weighted by atomic mass is 35.5. The van der Waals surface area contributed by atoms with Gasteiger partial charge in [-0.1, -0.05) is 35.9 Å². The minimum absolute atomic E-state index is 0.234. The number of carbonyl (C=O) groups is 1. The number of rotatable bonds is 3. The molecule has 5 rings (SSSR count). The highest BCUT2D eigenvalue weighted by Gasteiger charge is 2.10. The lowest BCUT2D eigenvalue weighted by Crippen LogP contribution is -2.33. The molecular formula is C30H27ClN8OS2. The van der Waals surface area contributed by atoms with Crippen molar-refractivity contribution >= 4 is 72.7 Å². The Labute approximate surface area is 257 Å². The van der Waals surface area contributed by atoms with Gasteiger partial charge in [-0.25, -0.2) is 9.64 Å². The number of benzene rings is 2. The normalized spacial score (nSPS) is 9.69. The van der Waals surface area contributed by atoms with Crippen LogP contribution in [0, 0.1) is 59.1 Å². The van der Waals surface area contributed by atoms with E-state index in [1.54, 1.807) is 25.1 Å². The second kappa shape index (κ2) is 14.7. The molecule has 0 spiro atoms. The smallest absolute Gasteiger partial charge is 0.337 e. The van der Waals surface area contributed by atoms with Crippen LogP contribution in [0.15, 0.2) is 48.5 Å². The number of aromatic amines is 1. The summed E-state index contributed by atoms with van der Waals surface area (Å²) in [6.45, 7) is 23.1. The van der Waals surface area contributed by atoms with Crippen molar-refractivity contribution in [1.29, 1.82) is 5.26 Å². The summed E-state index contributed by atoms with van der Waals surface area (Å²) >= 11 is 8.66. The van der Waals surface area contributed by atoms with Gasteiger partial charge in [0.2, 0.25) is 0 Å². The molecule has 0 aliphatic rings. The molecule has 0 aliphatic carbocycles. The van der Waals surface area contributed by atoms with Crippen LogP contribution in [0.25, 0.3) is 20.6 Å². The molecule has 4 N–H and O–H groups in total. The van der Waals surface area contributed by atoms with Crippen LogP contribution in [0.1, 0.15) is 32.3 Å². The van der Waals surface area contributed by atoms with Gasteiger partial charge in [0.15, 0.2) is 5.01 Å². The Morgan fingerprint density at radius 1 is 1.00 bits per heavy atom. The number of hydrazine groups is 1. The van der Waals surface area contributed by atoms with Gasteiger partial charge in [-0.05, 0) is 75.0 Å². The van der Waals surface area contributed by atoms with Crippen molar-refractivity contribution < 1.29 is 4.79 Å². The van der Waals surface area contributed by atoms with E-state index in [4.69, 9.17) is 30.0 Å². The van der Waals surface area contributed by atoms with Crippen LogP contribution in [0.5, 0.6) is 0 Å². The molecule has 3 aromatic heterocycles. The third-order valence-electron chi connectivity index (χ3n) is 5.45. The van der Waals surface area contributed by atoms with Gasteiger partial charge < -0.3 is 15.1 Å². The van der Waals surface area contributed by atoms with Crippen molar-refractivity contribution in [2.24, 2.45) is 0 Å². The maximum absolute atomic E-state index is 11.8. The molecule has 0 atom stereocenters. The molecule has 3 heterocycles. The first-order chi connectivity index (χ1) is 20.0. The van der Waals surface area contributed by atoms with E-state index in [0.29, 0.717) is 26.3 Å². The molecule has 0 bridgehead atoms. The molecule has 12 heteroatoms. The predicted molar refractivity (Wildman–Crippen MR) is 173 cm³/mol. The predicted octanol–water partition coefficient (Wildman–Crippen LogP) is 9.38. The Bertz CT molecular complexity index is 1820. The number of urea groups is 1. The second-order valence-corrected chi connectivity index (χ2v) is 11.9. The Morgan fingerprint density at radius 3 is 2.38 bits per heavy atom. The summed E-state index contributed by atoms with van der Waals surface area (Å²) in [5, 5.41) is 15.1. The zero-order chi connectivity index (χ0) is 30.8. The van der Waals surface area contributed by atoms with Crippen molar-refractivity contribution in [3.8, 4) is 6.07 Å². The van der Waals surface area contributed by atoms with Crippen LogP contribution in [0.3, 0.4) is 0 Å². The molecule has 212 valence electrons. The monoisotopic (exact) mass is 614 g/mol. The van der Waals surface area contributed by atoms with Gasteiger partial charge in [0.25, 0.3) is 10.8 Å². The van der Waals surface area contributed by atoms with Crippen LogP contribution >= 0.6 is 34.3 Å². The van der Waals surface area contributed by atoms with Gasteiger partial charge in [0.1, 0.15) is 11.1 Å². The van der Waals surface area contributed by atoms with Crippen LogP contribution in [-0.4, -0.2) is 16.0 Å². The van der Waals surface area contributed by atoms with E-state index < -0.39 is 6.03 Å². The molecule has 0 unspecified atom stereocenters. The van der Waals surface area contributed by atoms with Gasteiger partial charge >= 0.3 is 6.03 Å². The highest BCUT2D eigenvalue weighted by molar-refractivity contribution is 7.16. The topological polar surface area (TPSA) is 114 Å². The average Bonchev–Trinajstić information content (AvgIpc) is 3.64. The second-order valence-electron chi connectivity index (χ2n) is 9.03. The molecule has 5 aromatic rings. The summed E-state index contributed by atoms with van der Waals surface area (Å²) in [6, 6.07) is 17.3. The number of aryl methyl sites for hydroxylation is 5. The molecule has 0 saturated carbocycles. The third-order valence-corrected chi connectivity index (χ3v) is 7.60. The van der Waals surface area contributed by atoms with E-state index >= 15 is 0 Å². The Balaban J connectivity index is 0.000000192. The lowest BCUT2D eigenvalue weighted by atomic mass is 10.2. The lowest BCUT2D eigenvalue weighted by molar-refractivity contribution is 0.254. The minimum Gasteiger partial charge on any atom is -0.370 e. The van der Waals surface area contributed by atoms with Crippen LogP contribution in [-0.2, 0) is 0 Å². The number of hydrogen-bond acceptors (Lipinski definition) is 6. The fraction of sp³-hybridized carbons (Fsp3) is 0.167. The first kappa shape index (κ1) is 31.7. The largest absolute Gasteiger partial charge is 0.370 e. The van der Waals surface area contributed by atoms with Crippen LogP contribution in [0.4, 0.5) is 26.3 Å². The number of carbonyl (C=O) groups excluding carboxylic acids is 1. The number of anilines is 2. The van der Waals surface area contributed by atoms with Crippen LogP contribution < -0.4 is 16.2 Å². The van der Waals surface area contributed by atoms with E-state index in [1.165, 1.54) is 44.8 Å². The number of aromatic nitrogens is 2. The van der Waals surface area contributed by atoms with E-state index in [-0.39, 0.29) is 5.82 Å². The van der Waals surface area contributed by atoms with Crippen molar-refractivity contribution in [1.82, 2.24) is 15.4 Å². The number of fused-ring (bicyclic) bond motifs is 1. The molecule has 42 heavy (non-hydrogen) atoms. The Hall–Kier alpha value is -4.86. The highest BCUT2D eigenvalue weighted by Crippen LogP contribution is 2.33. The average molecular weight is 615 g/mol. The SMILES string of the molecule is Cc1ccc(Cl)c(NC(=O)NNc2sc(C)cc2C#N)c1.Cc1ccc2[nH]c(C)cc2c1.[C-]#[N+]c1nc(C)sc1[N+]#[C-]. The minimum atomic E-state index is -0.461. The molecular weight excluding hydrogens is 588 g/mol. The van der Waals surface area contributed by atoms with E-state index in [0.717, 1.165) is 15.4 Å². The number of amides is 2. The number of nitrogens with zero attached hydrogens (tertiary/aromatic N) is 4. The molecule has 0 saturated heterocycles. The fourth-order valence-electron chi connectivity index (χ4n) is 3.64. The third kappa shape index (κ3) is 8.82. The van der Waals surface area contributed by atoms with Crippen LogP contribution in [0.2, 0.25) is 5.02 Å². The quantitative estimate of drug-likeness (QED) is 0.120. The number of H-pyrrole nitrogens is 1. The van der Waals surface area contributed by atoms with Gasteiger partial charge in [0.05, 0.1) is 22.8 Å². The first-order valence-corrected chi connectivity index (χ1v) is 14.4. The summed E-state index contributed by atoms with van der Waals surface area (Å²) in [6.07, 6.45) is 0. The molecule has 0 radical (unpaired) electrons. The van der Waals surface area contributed by atoms with E-state index in [9.17, 15) is 4.79 Å². The molecule has 9 nitrogen and oxygen atoms in total. The standard InChI is InChI=1S/C14H13ClN4OS.C10H11N.C6H3N3S/c1-8-3-4-11(15)12(5-8)17-14(20)19-18-13-10(7-16)6-9(2)21-13;1-7-3-4-10-9(5-7)6-8(2)11-10;1-4-9-5(7-2)6(8-3)10-4/h3-6,18H,1-2H3,(H2,17,19,20);3-6,11H,1-2H3;1H3. The number of nitrogens with one attached hydrogen (secondary N) is 4. The molecule has 0 aliphatic heterocycles. The van der Waals surface area contributed by atoms with Crippen molar-refractivity contribution in [3.63, 3.8) is 0 Å². The summed E-state index contributed by atoms with van der Waals surface area (Å²) in [5.74, 6) is 0.234. The van der Waals surface area contributed by atoms with E-state index in [2.05, 4.69) is 80.0 Å². The first-order valence-electron chi connectivity index (χ1n) is 12.4. The maximum Gasteiger partial charge on any atom is 0.337 e. The van der Waals surface area contributed by atoms with Crippen molar-refractivity contribution in [2.75, 3.05) is 10.7 Å². The summed E-state index contributed by atoms with van der Waals surface area (Å²) in [7, 11) is 0. The zero-order valence-electron chi connectivity index (χ0n) is 23.5. The molecule has 2 aromatic carbocycles. The fourth-order valence-corrected chi connectivity index (χ4v) is 5.26. The maximum atomic E-state index is 11.8. The molecule has 0 fully saturated rings. The van der Waals surface area contributed by atoms with Crippen molar-refractivity contribution in [3.05, 3.63) is 109 Å². The lowest BCUT2D eigenvalue weighted by Gasteiger charge is -2.10. The van der Waals surface area contributed by atoms with Crippen molar-refractivity contribution in [2.45, 2.75) is 34.6 Å². The number of halogens is 1. The van der Waals surface area contributed by atoms with Gasteiger partial charge in [0, 0.05) is 23.0 Å². The number of nitriles is 1. The number of thiazole rings is 1. The zero-order valence-corrected chi connectivity index (χ0v) is 25.9. The Kier molecular flexibility index (Phi) is 11.1. The van der Waals surface area contributed by atoms with Gasteiger partial charge in [-0.15, -0.1) is 27.7 Å². The van der Waals surface area contributed by atoms with E-state index in [1.807, 2.05) is 19.9 Å².